The van der Waals surface area contributed by atoms with E-state index in [2.05, 4.69) is 10.1 Å². The summed E-state index contributed by atoms with van der Waals surface area (Å²) in [7, 11) is 0. The van der Waals surface area contributed by atoms with E-state index < -0.39 is 12.4 Å². The Kier molecular flexibility index (Phi) is 5.17. The molecule has 0 fully saturated rings. The Bertz CT molecular complexity index is 418. The van der Waals surface area contributed by atoms with E-state index in [1.807, 2.05) is 0 Å². The highest BCUT2D eigenvalue weighted by Gasteiger charge is 2.30. The van der Waals surface area contributed by atoms with Crippen LogP contribution in [0.5, 0.6) is 5.75 Å². The molecule has 0 aliphatic heterocycles. The van der Waals surface area contributed by atoms with Crippen molar-refractivity contribution < 1.29 is 22.7 Å². The van der Waals surface area contributed by atoms with Gasteiger partial charge in [0.2, 0.25) is 5.91 Å². The molecule has 106 valence electrons. The predicted molar refractivity (Wildman–Crippen MR) is 63.5 cm³/mol. The van der Waals surface area contributed by atoms with Crippen LogP contribution >= 0.6 is 0 Å². The van der Waals surface area contributed by atoms with Crippen LogP contribution in [-0.4, -0.2) is 24.9 Å². The van der Waals surface area contributed by atoms with Crippen molar-refractivity contribution in [3.8, 4) is 5.75 Å². The Balaban J connectivity index is 2.59. The van der Waals surface area contributed by atoms with Crippen LogP contribution < -0.4 is 15.8 Å². The van der Waals surface area contributed by atoms with E-state index in [0.717, 1.165) is 0 Å². The summed E-state index contributed by atoms with van der Waals surface area (Å²) in [5.74, 6) is -0.596. The van der Waals surface area contributed by atoms with Crippen LogP contribution in [0.2, 0.25) is 0 Å². The number of alkyl halides is 3. The highest BCUT2D eigenvalue weighted by Crippen LogP contribution is 2.22. The number of benzene rings is 1. The molecule has 1 rings (SSSR count). The summed E-state index contributed by atoms with van der Waals surface area (Å²) in [5, 5.41) is 2.57. The molecule has 0 aliphatic rings. The largest absolute Gasteiger partial charge is 0.573 e. The Morgan fingerprint density at radius 2 is 1.95 bits per heavy atom. The number of carbonyl (C=O) groups excluding carboxylic acids is 1. The number of rotatable bonds is 5. The van der Waals surface area contributed by atoms with Crippen LogP contribution in [-0.2, 0) is 11.2 Å². The Morgan fingerprint density at radius 3 is 2.42 bits per heavy atom. The van der Waals surface area contributed by atoms with Crippen molar-refractivity contribution in [2.24, 2.45) is 5.73 Å². The van der Waals surface area contributed by atoms with Gasteiger partial charge in [0.15, 0.2) is 0 Å². The van der Waals surface area contributed by atoms with Crippen molar-refractivity contribution in [1.29, 1.82) is 0 Å². The maximum atomic E-state index is 11.9. The summed E-state index contributed by atoms with van der Waals surface area (Å²) in [6.07, 6.45) is -4.46. The maximum absolute atomic E-state index is 11.9. The summed E-state index contributed by atoms with van der Waals surface area (Å²) in [6, 6.07) is 4.54. The van der Waals surface area contributed by atoms with E-state index in [4.69, 9.17) is 5.73 Å². The van der Waals surface area contributed by atoms with E-state index in [9.17, 15) is 18.0 Å². The lowest BCUT2D eigenvalue weighted by atomic mass is 10.1. The fraction of sp³-hybridized carbons (Fsp3) is 0.417. The highest BCUT2D eigenvalue weighted by molar-refractivity contribution is 5.81. The van der Waals surface area contributed by atoms with Crippen molar-refractivity contribution in [2.45, 2.75) is 25.7 Å². The number of hydrogen-bond acceptors (Lipinski definition) is 3. The predicted octanol–water partition coefficient (Wildman–Crippen LogP) is 1.59. The molecular formula is C12H15F3N2O2. The molecular weight excluding hydrogens is 261 g/mol. The third-order valence-corrected chi connectivity index (χ3v) is 2.30. The van der Waals surface area contributed by atoms with Crippen molar-refractivity contribution in [3.05, 3.63) is 29.8 Å². The zero-order chi connectivity index (χ0) is 14.5. The van der Waals surface area contributed by atoms with Crippen molar-refractivity contribution in [1.82, 2.24) is 5.32 Å². The minimum absolute atomic E-state index is 0.248. The molecule has 0 unspecified atom stereocenters. The molecule has 1 amide bonds. The molecule has 0 aromatic heterocycles. The average Bonchev–Trinajstić information content (AvgIpc) is 2.30. The molecule has 0 bridgehead atoms. The Labute approximate surface area is 108 Å². The zero-order valence-electron chi connectivity index (χ0n) is 10.3. The molecule has 0 aliphatic carbocycles. The van der Waals surface area contributed by atoms with Crippen molar-refractivity contribution in [2.75, 3.05) is 6.54 Å². The van der Waals surface area contributed by atoms with Gasteiger partial charge in [-0.15, -0.1) is 13.2 Å². The molecule has 1 aromatic carbocycles. The third kappa shape index (κ3) is 5.60. The fourth-order valence-electron chi connectivity index (χ4n) is 1.48. The van der Waals surface area contributed by atoms with Gasteiger partial charge in [0, 0.05) is 6.54 Å². The number of carbonyl (C=O) groups is 1. The van der Waals surface area contributed by atoms with Crippen LogP contribution in [0.15, 0.2) is 24.3 Å². The monoisotopic (exact) mass is 276 g/mol. The number of hydrogen-bond donors (Lipinski definition) is 2. The Morgan fingerprint density at radius 1 is 1.37 bits per heavy atom. The van der Waals surface area contributed by atoms with E-state index in [0.29, 0.717) is 12.1 Å². The first-order valence-corrected chi connectivity index (χ1v) is 5.70. The second kappa shape index (κ2) is 6.42. The van der Waals surface area contributed by atoms with Gasteiger partial charge in [-0.1, -0.05) is 12.1 Å². The lowest BCUT2D eigenvalue weighted by Gasteiger charge is -2.12. The summed E-state index contributed by atoms with van der Waals surface area (Å²) in [6.45, 7) is 2.25. The number of halogens is 3. The molecule has 0 spiro atoms. The van der Waals surface area contributed by atoms with Gasteiger partial charge in [0.1, 0.15) is 5.75 Å². The molecule has 0 radical (unpaired) electrons. The number of likely N-dealkylation sites (N-methyl/N-ethyl adjacent to an activating group) is 1. The molecule has 1 aromatic rings. The summed E-state index contributed by atoms with van der Waals surface area (Å²) < 4.78 is 39.6. The van der Waals surface area contributed by atoms with Gasteiger partial charge in [-0.2, -0.15) is 0 Å². The van der Waals surface area contributed by atoms with Crippen molar-refractivity contribution >= 4 is 5.91 Å². The first-order valence-electron chi connectivity index (χ1n) is 5.70. The first-order chi connectivity index (χ1) is 8.81. The standard InChI is InChI=1S/C12H15F3N2O2/c1-2-17-11(18)10(16)7-8-3-5-9(6-4-8)19-12(13,14)15/h3-6,10H,2,7,16H2,1H3,(H,17,18)/t10-/m0/s1. The minimum Gasteiger partial charge on any atom is -0.406 e. The molecule has 0 saturated carbocycles. The van der Waals surface area contributed by atoms with Gasteiger partial charge in [-0.25, -0.2) is 0 Å². The maximum Gasteiger partial charge on any atom is 0.573 e. The second-order valence-electron chi connectivity index (χ2n) is 3.90. The molecule has 0 saturated heterocycles. The second-order valence-corrected chi connectivity index (χ2v) is 3.90. The van der Waals surface area contributed by atoms with Gasteiger partial charge in [0.25, 0.3) is 0 Å². The SMILES string of the molecule is CCNC(=O)[C@@H](N)Cc1ccc(OC(F)(F)F)cc1. The summed E-state index contributed by atoms with van der Waals surface area (Å²) in [5.41, 5.74) is 6.31. The van der Waals surface area contributed by atoms with Gasteiger partial charge < -0.3 is 15.8 Å². The summed E-state index contributed by atoms with van der Waals surface area (Å²) >= 11 is 0. The van der Waals surface area contributed by atoms with E-state index in [-0.39, 0.29) is 18.1 Å². The van der Waals surface area contributed by atoms with E-state index in [1.54, 1.807) is 6.92 Å². The topological polar surface area (TPSA) is 64.4 Å². The number of amides is 1. The van der Waals surface area contributed by atoms with Gasteiger partial charge in [-0.05, 0) is 31.0 Å². The van der Waals surface area contributed by atoms with E-state index in [1.165, 1.54) is 24.3 Å². The van der Waals surface area contributed by atoms with Crippen LogP contribution in [0.25, 0.3) is 0 Å². The molecule has 19 heavy (non-hydrogen) atoms. The molecule has 0 heterocycles. The number of ether oxygens (including phenoxy) is 1. The van der Waals surface area contributed by atoms with Gasteiger partial charge in [-0.3, -0.25) is 4.79 Å². The smallest absolute Gasteiger partial charge is 0.406 e. The quantitative estimate of drug-likeness (QED) is 0.858. The van der Waals surface area contributed by atoms with E-state index >= 15 is 0 Å². The minimum atomic E-state index is -4.71. The third-order valence-electron chi connectivity index (χ3n) is 2.30. The van der Waals surface area contributed by atoms with Crippen LogP contribution in [0, 0.1) is 0 Å². The van der Waals surface area contributed by atoms with Gasteiger partial charge in [0.05, 0.1) is 6.04 Å². The molecule has 3 N–H and O–H groups in total. The summed E-state index contributed by atoms with van der Waals surface area (Å²) in [4.78, 5) is 11.4. The normalized spacial score (nSPS) is 12.9. The van der Waals surface area contributed by atoms with Crippen LogP contribution in [0.4, 0.5) is 13.2 Å². The fourth-order valence-corrected chi connectivity index (χ4v) is 1.48. The average molecular weight is 276 g/mol. The van der Waals surface area contributed by atoms with Gasteiger partial charge >= 0.3 is 6.36 Å². The number of nitrogens with one attached hydrogen (secondary N) is 1. The number of nitrogens with two attached hydrogens (primary N) is 1. The zero-order valence-corrected chi connectivity index (χ0v) is 10.3. The highest BCUT2D eigenvalue weighted by atomic mass is 19.4. The molecule has 1 atom stereocenters. The first kappa shape index (κ1) is 15.3. The lowest BCUT2D eigenvalue weighted by molar-refractivity contribution is -0.274. The molecule has 4 nitrogen and oxygen atoms in total. The van der Waals surface area contributed by atoms with Crippen LogP contribution in [0.3, 0.4) is 0 Å². The Hall–Kier alpha value is -1.76. The lowest BCUT2D eigenvalue weighted by Crippen LogP contribution is -2.41. The molecule has 7 heteroatoms. The van der Waals surface area contributed by atoms with Crippen molar-refractivity contribution in [3.63, 3.8) is 0 Å². The van der Waals surface area contributed by atoms with Crippen LogP contribution in [0.1, 0.15) is 12.5 Å².